The van der Waals surface area contributed by atoms with Gasteiger partial charge in [-0.3, -0.25) is 0 Å². The van der Waals surface area contributed by atoms with E-state index in [2.05, 4.69) is 26.6 Å². The molecule has 7 heteroatoms. The molecule has 0 aliphatic rings. The molecule has 0 aromatic heterocycles. The third kappa shape index (κ3) is 4.19. The van der Waals surface area contributed by atoms with E-state index in [9.17, 15) is 14.0 Å². The molecule has 0 aliphatic heterocycles. The van der Waals surface area contributed by atoms with Gasteiger partial charge in [0.25, 0.3) is 0 Å². The van der Waals surface area contributed by atoms with Crippen LogP contribution >= 0.6 is 15.9 Å². The second-order valence-corrected chi connectivity index (χ2v) is 6.19. The number of para-hydroxylation sites is 1. The number of carboxylic acids is 1. The molecule has 1 rings (SSSR count). The van der Waals surface area contributed by atoms with Gasteiger partial charge in [-0.15, -0.1) is 0 Å². The largest absolute Gasteiger partial charge is 0.480 e. The van der Waals surface area contributed by atoms with Crippen LogP contribution in [0.15, 0.2) is 22.7 Å². The predicted molar refractivity (Wildman–Crippen MR) is 77.1 cm³/mol. The van der Waals surface area contributed by atoms with Crippen LogP contribution in [0, 0.1) is 11.2 Å². The molecule has 0 spiro atoms. The average molecular weight is 347 g/mol. The predicted octanol–water partition coefficient (Wildman–Crippen LogP) is 3.21. The van der Waals surface area contributed by atoms with Crippen LogP contribution in [0.3, 0.4) is 0 Å². The first-order chi connectivity index (χ1) is 9.12. The van der Waals surface area contributed by atoms with Crippen LogP contribution in [0.25, 0.3) is 0 Å². The van der Waals surface area contributed by atoms with Gasteiger partial charge in [0, 0.05) is 4.47 Å². The quantitative estimate of drug-likeness (QED) is 0.786. The van der Waals surface area contributed by atoms with Crippen LogP contribution in [-0.2, 0) is 4.79 Å². The fraction of sp³-hybridized carbons (Fsp3) is 0.385. The van der Waals surface area contributed by atoms with Crippen LogP contribution in [0.2, 0.25) is 0 Å². The first-order valence-electron chi connectivity index (χ1n) is 5.87. The standard InChI is InChI=1S/C13H16BrFN2O3/c1-13(2,3)10(11(18)19)17-12(20)16-9-7(14)5-4-6-8(9)15/h4-6,10H,1-3H3,(H,18,19)(H2,16,17,20)/t10-/m1/s1. The van der Waals surface area contributed by atoms with Crippen molar-refractivity contribution < 1.29 is 19.1 Å². The summed E-state index contributed by atoms with van der Waals surface area (Å²) < 4.78 is 13.9. The summed E-state index contributed by atoms with van der Waals surface area (Å²) in [7, 11) is 0. The number of aliphatic carboxylic acids is 1. The van der Waals surface area contributed by atoms with Crippen molar-refractivity contribution in [2.24, 2.45) is 5.41 Å². The normalized spacial score (nSPS) is 12.7. The Balaban J connectivity index is 2.84. The summed E-state index contributed by atoms with van der Waals surface area (Å²) in [5, 5.41) is 13.7. The van der Waals surface area contributed by atoms with Gasteiger partial charge in [0.05, 0.1) is 5.69 Å². The molecule has 1 atom stereocenters. The Morgan fingerprint density at radius 1 is 1.35 bits per heavy atom. The van der Waals surface area contributed by atoms with Crippen molar-refractivity contribution in [3.63, 3.8) is 0 Å². The van der Waals surface area contributed by atoms with Crippen LogP contribution in [0.1, 0.15) is 20.8 Å². The van der Waals surface area contributed by atoms with Crippen molar-refractivity contribution in [1.82, 2.24) is 5.32 Å². The van der Waals surface area contributed by atoms with E-state index in [-0.39, 0.29) is 5.69 Å². The van der Waals surface area contributed by atoms with Gasteiger partial charge < -0.3 is 15.7 Å². The number of amides is 2. The van der Waals surface area contributed by atoms with E-state index in [1.165, 1.54) is 12.1 Å². The number of carbonyl (C=O) groups excluding carboxylic acids is 1. The molecule has 110 valence electrons. The SMILES string of the molecule is CC(C)(C)[C@H](NC(=O)Nc1c(F)cccc1Br)C(=O)O. The fourth-order valence-electron chi connectivity index (χ4n) is 1.55. The summed E-state index contributed by atoms with van der Waals surface area (Å²) in [5.74, 6) is -1.77. The molecule has 0 radical (unpaired) electrons. The number of rotatable bonds is 3. The average Bonchev–Trinajstić information content (AvgIpc) is 2.29. The summed E-state index contributed by atoms with van der Waals surface area (Å²) in [4.78, 5) is 22.9. The van der Waals surface area contributed by atoms with E-state index in [0.717, 1.165) is 0 Å². The number of carboxylic acid groups (broad SMARTS) is 1. The summed E-state index contributed by atoms with van der Waals surface area (Å²) in [6.45, 7) is 5.06. The van der Waals surface area contributed by atoms with Crippen molar-refractivity contribution >= 4 is 33.6 Å². The molecule has 3 N–H and O–H groups in total. The van der Waals surface area contributed by atoms with Gasteiger partial charge in [-0.25, -0.2) is 14.0 Å². The van der Waals surface area contributed by atoms with Crippen molar-refractivity contribution in [2.45, 2.75) is 26.8 Å². The Morgan fingerprint density at radius 2 is 1.95 bits per heavy atom. The van der Waals surface area contributed by atoms with Crippen molar-refractivity contribution in [1.29, 1.82) is 0 Å². The molecule has 0 heterocycles. The Labute approximate surface area is 124 Å². The van der Waals surface area contributed by atoms with Crippen molar-refractivity contribution in [3.05, 3.63) is 28.5 Å². The van der Waals surface area contributed by atoms with Gasteiger partial charge in [-0.1, -0.05) is 26.8 Å². The van der Waals surface area contributed by atoms with Gasteiger partial charge in [0.2, 0.25) is 0 Å². The molecule has 0 fully saturated rings. The van der Waals surface area contributed by atoms with E-state index >= 15 is 0 Å². The lowest BCUT2D eigenvalue weighted by molar-refractivity contribution is -0.141. The number of halogens is 2. The number of nitrogens with one attached hydrogen (secondary N) is 2. The molecule has 2 amide bonds. The topological polar surface area (TPSA) is 78.4 Å². The highest BCUT2D eigenvalue weighted by Gasteiger charge is 2.32. The maximum absolute atomic E-state index is 13.6. The fourth-order valence-corrected chi connectivity index (χ4v) is 1.99. The van der Waals surface area contributed by atoms with E-state index < -0.39 is 29.3 Å². The number of hydrogen-bond donors (Lipinski definition) is 3. The molecule has 20 heavy (non-hydrogen) atoms. The lowest BCUT2D eigenvalue weighted by Crippen LogP contribution is -2.50. The zero-order valence-corrected chi connectivity index (χ0v) is 12.9. The second kappa shape index (κ2) is 6.21. The molecule has 0 unspecified atom stereocenters. The van der Waals surface area contributed by atoms with Gasteiger partial charge in [0.15, 0.2) is 0 Å². The molecule has 0 bridgehead atoms. The Morgan fingerprint density at radius 3 is 2.40 bits per heavy atom. The molecule has 0 saturated carbocycles. The third-order valence-corrected chi connectivity index (χ3v) is 3.25. The molecular formula is C13H16BrFN2O3. The highest BCUT2D eigenvalue weighted by atomic mass is 79.9. The molecule has 1 aromatic rings. The second-order valence-electron chi connectivity index (χ2n) is 5.33. The Kier molecular flexibility index (Phi) is 5.10. The van der Waals surface area contributed by atoms with Crippen molar-refractivity contribution in [2.75, 3.05) is 5.32 Å². The van der Waals surface area contributed by atoms with E-state index in [1.807, 2.05) is 0 Å². The summed E-state index contributed by atoms with van der Waals surface area (Å²) >= 11 is 3.11. The molecule has 0 saturated heterocycles. The molecule has 1 aromatic carbocycles. The smallest absolute Gasteiger partial charge is 0.326 e. The molecule has 0 aliphatic carbocycles. The van der Waals surface area contributed by atoms with Crippen LogP contribution in [0.5, 0.6) is 0 Å². The van der Waals surface area contributed by atoms with Gasteiger partial charge >= 0.3 is 12.0 Å². The summed E-state index contributed by atoms with van der Waals surface area (Å²) in [5.41, 5.74) is -0.710. The van der Waals surface area contributed by atoms with Crippen LogP contribution in [-0.4, -0.2) is 23.1 Å². The zero-order valence-electron chi connectivity index (χ0n) is 11.3. The lowest BCUT2D eigenvalue weighted by atomic mass is 9.87. The van der Waals surface area contributed by atoms with Gasteiger partial charge in [0.1, 0.15) is 11.9 Å². The summed E-state index contributed by atoms with van der Waals surface area (Å²) in [6.07, 6.45) is 0. The summed E-state index contributed by atoms with van der Waals surface area (Å²) in [6, 6.07) is 2.37. The number of hydrogen-bond acceptors (Lipinski definition) is 2. The minimum absolute atomic E-state index is 0.0388. The number of anilines is 1. The van der Waals surface area contributed by atoms with Gasteiger partial charge in [-0.05, 0) is 33.5 Å². The maximum Gasteiger partial charge on any atom is 0.326 e. The van der Waals surface area contributed by atoms with Gasteiger partial charge in [-0.2, -0.15) is 0 Å². The highest BCUT2D eigenvalue weighted by Crippen LogP contribution is 2.25. The minimum atomic E-state index is -1.15. The van der Waals surface area contributed by atoms with Crippen LogP contribution < -0.4 is 10.6 Å². The molecular weight excluding hydrogens is 331 g/mol. The van der Waals surface area contributed by atoms with E-state index in [4.69, 9.17) is 5.11 Å². The Bertz CT molecular complexity index is 509. The van der Waals surface area contributed by atoms with Crippen molar-refractivity contribution in [3.8, 4) is 0 Å². The monoisotopic (exact) mass is 346 g/mol. The number of urea groups is 1. The van der Waals surface area contributed by atoms with E-state index in [0.29, 0.717) is 4.47 Å². The lowest BCUT2D eigenvalue weighted by Gasteiger charge is -2.27. The zero-order chi connectivity index (χ0) is 15.5. The molecule has 5 nitrogen and oxygen atoms in total. The highest BCUT2D eigenvalue weighted by molar-refractivity contribution is 9.10. The van der Waals surface area contributed by atoms with Crippen LogP contribution in [0.4, 0.5) is 14.9 Å². The maximum atomic E-state index is 13.6. The minimum Gasteiger partial charge on any atom is -0.480 e. The third-order valence-electron chi connectivity index (χ3n) is 2.59. The van der Waals surface area contributed by atoms with E-state index in [1.54, 1.807) is 26.8 Å². The first-order valence-corrected chi connectivity index (χ1v) is 6.66. The number of carbonyl (C=O) groups is 2. The number of benzene rings is 1. The first kappa shape index (κ1) is 16.4. The Hall–Kier alpha value is -1.63.